The quantitative estimate of drug-likeness (QED) is 0.772. The van der Waals surface area contributed by atoms with E-state index in [2.05, 4.69) is 15.9 Å². The molecule has 0 aliphatic rings. The molecule has 1 atom stereocenters. The Labute approximate surface area is 117 Å². The molecule has 3 nitrogen and oxygen atoms in total. The Morgan fingerprint density at radius 3 is 2.11 bits per heavy atom. The average molecular weight is 315 g/mol. The summed E-state index contributed by atoms with van der Waals surface area (Å²) in [5, 5.41) is 0. The van der Waals surface area contributed by atoms with Crippen molar-refractivity contribution in [2.24, 2.45) is 11.8 Å². The van der Waals surface area contributed by atoms with Crippen LogP contribution < -0.4 is 9.47 Å². The van der Waals surface area contributed by atoms with E-state index < -0.39 is 0 Å². The minimum atomic E-state index is -0.0511. The Balaban J connectivity index is 3.25. The molecule has 1 rings (SSSR count). The molecule has 1 unspecified atom stereocenters. The van der Waals surface area contributed by atoms with Gasteiger partial charge in [0.05, 0.1) is 24.3 Å². The minimum absolute atomic E-state index is 0.0511. The maximum Gasteiger partial charge on any atom is 0.169 e. The van der Waals surface area contributed by atoms with Gasteiger partial charge in [-0.2, -0.15) is 0 Å². The first-order chi connectivity index (χ1) is 8.42. The van der Waals surface area contributed by atoms with Crippen LogP contribution in [0.15, 0.2) is 16.6 Å². The molecule has 100 valence electrons. The fraction of sp³-hybridized carbons (Fsp3) is 0.500. The van der Waals surface area contributed by atoms with Gasteiger partial charge in [-0.05, 0) is 34.0 Å². The Morgan fingerprint density at radius 1 is 1.11 bits per heavy atom. The fourth-order valence-corrected chi connectivity index (χ4v) is 2.09. The van der Waals surface area contributed by atoms with Crippen molar-refractivity contribution in [2.75, 3.05) is 14.2 Å². The number of rotatable bonds is 5. The number of ether oxygens (including phenoxy) is 2. The smallest absolute Gasteiger partial charge is 0.169 e. The highest BCUT2D eigenvalue weighted by molar-refractivity contribution is 9.10. The summed E-state index contributed by atoms with van der Waals surface area (Å²) >= 11 is 3.38. The number of benzene rings is 1. The molecule has 0 radical (unpaired) electrons. The van der Waals surface area contributed by atoms with Crippen LogP contribution in [0.25, 0.3) is 0 Å². The molecule has 4 heteroatoms. The molecule has 0 saturated carbocycles. The van der Waals surface area contributed by atoms with E-state index >= 15 is 0 Å². The molecule has 0 aliphatic heterocycles. The number of Topliss-reactive ketones (excluding diaryl/α,β-unsaturated/α-hetero) is 1. The van der Waals surface area contributed by atoms with Crippen LogP contribution in [0.1, 0.15) is 31.1 Å². The van der Waals surface area contributed by atoms with E-state index in [9.17, 15) is 4.79 Å². The number of methoxy groups -OCH3 is 2. The van der Waals surface area contributed by atoms with Gasteiger partial charge in [-0.1, -0.05) is 20.8 Å². The Bertz CT molecular complexity index is 441. The van der Waals surface area contributed by atoms with Gasteiger partial charge in [-0.15, -0.1) is 0 Å². The van der Waals surface area contributed by atoms with Gasteiger partial charge < -0.3 is 9.47 Å². The number of ketones is 1. The highest BCUT2D eigenvalue weighted by Gasteiger charge is 2.23. The predicted molar refractivity (Wildman–Crippen MR) is 75.6 cm³/mol. The second-order valence-corrected chi connectivity index (χ2v) is 5.44. The molecular formula is C14H19BrO3. The third kappa shape index (κ3) is 3.05. The van der Waals surface area contributed by atoms with Crippen LogP contribution in [0.3, 0.4) is 0 Å². The fourth-order valence-electron chi connectivity index (χ4n) is 1.60. The molecule has 18 heavy (non-hydrogen) atoms. The zero-order valence-corrected chi connectivity index (χ0v) is 13.0. The summed E-state index contributed by atoms with van der Waals surface area (Å²) in [4.78, 5) is 12.4. The molecule has 0 heterocycles. The summed E-state index contributed by atoms with van der Waals surface area (Å²) < 4.78 is 11.3. The molecule has 0 N–H and O–H groups in total. The van der Waals surface area contributed by atoms with E-state index in [0.717, 1.165) is 4.47 Å². The van der Waals surface area contributed by atoms with Gasteiger partial charge in [0.25, 0.3) is 0 Å². The molecule has 0 spiro atoms. The second kappa shape index (κ2) is 6.23. The number of halogens is 1. The van der Waals surface area contributed by atoms with Crippen LogP contribution in [0.5, 0.6) is 11.5 Å². The van der Waals surface area contributed by atoms with Gasteiger partial charge in [0.15, 0.2) is 5.78 Å². The first kappa shape index (κ1) is 15.0. The molecular weight excluding hydrogens is 296 g/mol. The number of carbonyl (C=O) groups is 1. The SMILES string of the molecule is COc1cc(C(=O)C(C)C(C)C)c(OC)cc1Br. The van der Waals surface area contributed by atoms with E-state index in [1.54, 1.807) is 26.4 Å². The third-order valence-electron chi connectivity index (χ3n) is 3.15. The van der Waals surface area contributed by atoms with Crippen molar-refractivity contribution in [1.29, 1.82) is 0 Å². The number of carbonyl (C=O) groups excluding carboxylic acids is 1. The molecule has 0 saturated heterocycles. The van der Waals surface area contributed by atoms with E-state index in [0.29, 0.717) is 17.1 Å². The standard InChI is InChI=1S/C14H19BrO3/c1-8(2)9(3)14(16)10-6-13(18-5)11(15)7-12(10)17-4/h6-9H,1-5H3. The summed E-state index contributed by atoms with van der Waals surface area (Å²) in [7, 11) is 3.14. The van der Waals surface area contributed by atoms with Crippen LogP contribution in [-0.4, -0.2) is 20.0 Å². The summed E-state index contributed by atoms with van der Waals surface area (Å²) in [6.45, 7) is 6.00. The van der Waals surface area contributed by atoms with E-state index in [4.69, 9.17) is 9.47 Å². The lowest BCUT2D eigenvalue weighted by molar-refractivity contribution is 0.0896. The highest BCUT2D eigenvalue weighted by atomic mass is 79.9. The van der Waals surface area contributed by atoms with Crippen LogP contribution in [0, 0.1) is 11.8 Å². The normalized spacial score (nSPS) is 12.4. The topological polar surface area (TPSA) is 35.5 Å². The number of hydrogen-bond donors (Lipinski definition) is 0. The van der Waals surface area contributed by atoms with Crippen molar-refractivity contribution in [3.8, 4) is 11.5 Å². The summed E-state index contributed by atoms with van der Waals surface area (Å²) in [5.74, 6) is 1.52. The van der Waals surface area contributed by atoms with E-state index in [-0.39, 0.29) is 17.6 Å². The van der Waals surface area contributed by atoms with Gasteiger partial charge in [0.2, 0.25) is 0 Å². The van der Waals surface area contributed by atoms with Crippen LogP contribution in [0.2, 0.25) is 0 Å². The third-order valence-corrected chi connectivity index (χ3v) is 3.77. The summed E-state index contributed by atoms with van der Waals surface area (Å²) in [6, 6.07) is 3.49. The largest absolute Gasteiger partial charge is 0.496 e. The van der Waals surface area contributed by atoms with Crippen molar-refractivity contribution >= 4 is 21.7 Å². The van der Waals surface area contributed by atoms with Gasteiger partial charge in [0, 0.05) is 5.92 Å². The maximum absolute atomic E-state index is 12.4. The Morgan fingerprint density at radius 2 is 1.67 bits per heavy atom. The lowest BCUT2D eigenvalue weighted by atomic mass is 9.89. The van der Waals surface area contributed by atoms with E-state index in [1.807, 2.05) is 20.8 Å². The van der Waals surface area contributed by atoms with E-state index in [1.165, 1.54) is 0 Å². The monoisotopic (exact) mass is 314 g/mol. The van der Waals surface area contributed by atoms with Gasteiger partial charge in [0.1, 0.15) is 11.5 Å². The average Bonchev–Trinajstić information content (AvgIpc) is 2.36. The zero-order chi connectivity index (χ0) is 13.9. The minimum Gasteiger partial charge on any atom is -0.496 e. The molecule has 0 amide bonds. The van der Waals surface area contributed by atoms with Crippen molar-refractivity contribution < 1.29 is 14.3 Å². The van der Waals surface area contributed by atoms with Crippen LogP contribution >= 0.6 is 15.9 Å². The second-order valence-electron chi connectivity index (χ2n) is 4.58. The molecule has 0 aliphatic carbocycles. The molecule has 1 aromatic carbocycles. The lowest BCUT2D eigenvalue weighted by Gasteiger charge is -2.17. The molecule has 0 fully saturated rings. The molecule has 1 aromatic rings. The number of hydrogen-bond acceptors (Lipinski definition) is 3. The van der Waals surface area contributed by atoms with Crippen LogP contribution in [0.4, 0.5) is 0 Å². The molecule has 0 aromatic heterocycles. The zero-order valence-electron chi connectivity index (χ0n) is 11.4. The maximum atomic E-state index is 12.4. The lowest BCUT2D eigenvalue weighted by Crippen LogP contribution is -2.18. The highest BCUT2D eigenvalue weighted by Crippen LogP contribution is 2.34. The first-order valence-electron chi connectivity index (χ1n) is 5.88. The Kier molecular flexibility index (Phi) is 5.20. The van der Waals surface area contributed by atoms with Gasteiger partial charge >= 0.3 is 0 Å². The van der Waals surface area contributed by atoms with Gasteiger partial charge in [-0.3, -0.25) is 4.79 Å². The van der Waals surface area contributed by atoms with Crippen molar-refractivity contribution in [3.05, 3.63) is 22.2 Å². The summed E-state index contributed by atoms with van der Waals surface area (Å²) in [5.41, 5.74) is 0.568. The van der Waals surface area contributed by atoms with Crippen molar-refractivity contribution in [3.63, 3.8) is 0 Å². The van der Waals surface area contributed by atoms with Crippen LogP contribution in [-0.2, 0) is 0 Å². The van der Waals surface area contributed by atoms with Gasteiger partial charge in [-0.25, -0.2) is 0 Å². The predicted octanol–water partition coefficient (Wildman–Crippen LogP) is 3.94. The first-order valence-corrected chi connectivity index (χ1v) is 6.67. The van der Waals surface area contributed by atoms with Crippen molar-refractivity contribution in [1.82, 2.24) is 0 Å². The Hall–Kier alpha value is -1.03. The van der Waals surface area contributed by atoms with Crippen molar-refractivity contribution in [2.45, 2.75) is 20.8 Å². The molecule has 0 bridgehead atoms. The summed E-state index contributed by atoms with van der Waals surface area (Å²) in [6.07, 6.45) is 0.